The third kappa shape index (κ3) is 2.44. The topological polar surface area (TPSA) is 50.7 Å². The van der Waals surface area contributed by atoms with Crippen molar-refractivity contribution in [2.24, 2.45) is 0 Å². The van der Waals surface area contributed by atoms with E-state index in [2.05, 4.69) is 5.32 Å². The van der Waals surface area contributed by atoms with Crippen molar-refractivity contribution < 1.29 is 14.6 Å². The van der Waals surface area contributed by atoms with Gasteiger partial charge in [0.1, 0.15) is 5.75 Å². The molecule has 0 fully saturated rings. The minimum absolute atomic E-state index is 0.141. The molecule has 0 saturated heterocycles. The molecule has 20 heavy (non-hydrogen) atoms. The number of hydrogen-bond donors (Lipinski definition) is 2. The summed E-state index contributed by atoms with van der Waals surface area (Å²) in [5.41, 5.74) is 1.30. The number of fused-ring (bicyclic) bond motifs is 1. The molecular formula is C14H11Cl2NO3. The lowest BCUT2D eigenvalue weighted by Gasteiger charge is -2.11. The molecular weight excluding hydrogens is 301 g/mol. The lowest BCUT2D eigenvalue weighted by molar-refractivity contribution is 0.174. The number of rotatable bonds is 3. The van der Waals surface area contributed by atoms with Crippen molar-refractivity contribution in [3.63, 3.8) is 0 Å². The highest BCUT2D eigenvalue weighted by Gasteiger charge is 2.16. The zero-order valence-corrected chi connectivity index (χ0v) is 11.8. The maximum Gasteiger partial charge on any atom is 0.231 e. The van der Waals surface area contributed by atoms with E-state index in [-0.39, 0.29) is 12.5 Å². The molecule has 6 heteroatoms. The van der Waals surface area contributed by atoms with Crippen LogP contribution in [-0.4, -0.2) is 11.9 Å². The van der Waals surface area contributed by atoms with Crippen molar-refractivity contribution in [3.8, 4) is 17.2 Å². The molecule has 0 amide bonds. The Hall–Kier alpha value is -1.78. The summed E-state index contributed by atoms with van der Waals surface area (Å²) >= 11 is 12.2. The largest absolute Gasteiger partial charge is 0.508 e. The summed E-state index contributed by atoms with van der Waals surface area (Å²) in [6.07, 6.45) is 0. The van der Waals surface area contributed by atoms with E-state index in [1.54, 1.807) is 30.3 Å². The van der Waals surface area contributed by atoms with Gasteiger partial charge >= 0.3 is 0 Å². The monoisotopic (exact) mass is 311 g/mol. The Kier molecular flexibility index (Phi) is 3.51. The quantitative estimate of drug-likeness (QED) is 0.898. The van der Waals surface area contributed by atoms with Crippen LogP contribution < -0.4 is 14.8 Å². The molecule has 0 aliphatic carbocycles. The number of aromatic hydroxyl groups is 1. The van der Waals surface area contributed by atoms with Gasteiger partial charge in [-0.25, -0.2) is 0 Å². The Bertz CT molecular complexity index is 641. The molecule has 1 aliphatic rings. The molecule has 1 aliphatic heterocycles. The van der Waals surface area contributed by atoms with E-state index in [4.69, 9.17) is 32.7 Å². The summed E-state index contributed by atoms with van der Waals surface area (Å²) in [7, 11) is 0. The van der Waals surface area contributed by atoms with Crippen molar-refractivity contribution in [2.75, 3.05) is 12.1 Å². The van der Waals surface area contributed by atoms with Crippen LogP contribution in [0.2, 0.25) is 10.0 Å². The van der Waals surface area contributed by atoms with E-state index in [1.807, 2.05) is 0 Å². The van der Waals surface area contributed by atoms with Gasteiger partial charge in [-0.2, -0.15) is 0 Å². The molecule has 2 aromatic carbocycles. The van der Waals surface area contributed by atoms with Crippen molar-refractivity contribution >= 4 is 28.9 Å². The van der Waals surface area contributed by atoms with Crippen LogP contribution in [0.15, 0.2) is 30.3 Å². The number of phenols is 1. The summed E-state index contributed by atoms with van der Waals surface area (Å²) in [5.74, 6) is 1.41. The van der Waals surface area contributed by atoms with Crippen LogP contribution in [0.5, 0.6) is 17.2 Å². The highest BCUT2D eigenvalue weighted by molar-refractivity contribution is 6.33. The Morgan fingerprint density at radius 3 is 2.60 bits per heavy atom. The number of ether oxygens (including phenoxy) is 2. The average Bonchev–Trinajstić information content (AvgIpc) is 2.85. The molecule has 4 nitrogen and oxygen atoms in total. The van der Waals surface area contributed by atoms with E-state index >= 15 is 0 Å². The fraction of sp³-hybridized carbons (Fsp3) is 0.143. The minimum atomic E-state index is 0.141. The Labute approximate surface area is 125 Å². The predicted molar refractivity (Wildman–Crippen MR) is 78.0 cm³/mol. The maximum atomic E-state index is 9.79. The first kappa shape index (κ1) is 13.2. The van der Waals surface area contributed by atoms with E-state index in [9.17, 15) is 5.11 Å². The number of benzene rings is 2. The number of nitrogens with one attached hydrogen (secondary N) is 1. The van der Waals surface area contributed by atoms with Gasteiger partial charge < -0.3 is 19.9 Å². The second-order valence-corrected chi connectivity index (χ2v) is 5.09. The standard InChI is InChI=1S/C14H11Cl2NO3/c15-9-2-1-3-12(18)8(9)6-17-11-5-14-13(4-10(11)16)19-7-20-14/h1-5,17-18H,6-7H2. The normalized spacial score (nSPS) is 12.5. The van der Waals surface area contributed by atoms with Crippen molar-refractivity contribution in [1.29, 1.82) is 0 Å². The fourth-order valence-electron chi connectivity index (χ4n) is 1.96. The molecule has 0 unspecified atom stereocenters. The van der Waals surface area contributed by atoms with Gasteiger partial charge in [-0.15, -0.1) is 0 Å². The fourth-order valence-corrected chi connectivity index (χ4v) is 2.42. The van der Waals surface area contributed by atoms with Gasteiger partial charge in [0, 0.05) is 29.3 Å². The first-order chi connectivity index (χ1) is 9.65. The predicted octanol–water partition coefficient (Wildman–Crippen LogP) is 4.04. The molecule has 0 bridgehead atoms. The third-order valence-electron chi connectivity index (χ3n) is 3.01. The summed E-state index contributed by atoms with van der Waals surface area (Å²) in [6.45, 7) is 0.547. The number of phenolic OH excluding ortho intramolecular Hbond substituents is 1. The van der Waals surface area contributed by atoms with Gasteiger partial charge in [0.15, 0.2) is 11.5 Å². The lowest BCUT2D eigenvalue weighted by Crippen LogP contribution is -2.01. The Morgan fingerprint density at radius 2 is 1.85 bits per heavy atom. The van der Waals surface area contributed by atoms with Crippen LogP contribution in [0.1, 0.15) is 5.56 Å². The Balaban J connectivity index is 1.82. The van der Waals surface area contributed by atoms with E-state index < -0.39 is 0 Å². The SMILES string of the molecule is Oc1cccc(Cl)c1CNc1cc2c(cc1Cl)OCO2. The summed E-state index contributed by atoms with van der Waals surface area (Å²) < 4.78 is 10.5. The van der Waals surface area contributed by atoms with Gasteiger partial charge in [-0.05, 0) is 12.1 Å². The van der Waals surface area contributed by atoms with Crippen molar-refractivity contribution in [3.05, 3.63) is 45.9 Å². The molecule has 2 N–H and O–H groups in total. The summed E-state index contributed by atoms with van der Waals surface area (Å²) in [6, 6.07) is 8.45. The van der Waals surface area contributed by atoms with Crippen molar-refractivity contribution in [2.45, 2.75) is 6.54 Å². The molecule has 0 radical (unpaired) electrons. The highest BCUT2D eigenvalue weighted by Crippen LogP contribution is 2.39. The van der Waals surface area contributed by atoms with E-state index in [0.29, 0.717) is 39.3 Å². The highest BCUT2D eigenvalue weighted by atomic mass is 35.5. The second-order valence-electron chi connectivity index (χ2n) is 4.28. The molecule has 0 spiro atoms. The van der Waals surface area contributed by atoms with Crippen molar-refractivity contribution in [1.82, 2.24) is 0 Å². The zero-order valence-electron chi connectivity index (χ0n) is 10.3. The minimum Gasteiger partial charge on any atom is -0.508 e. The van der Waals surface area contributed by atoms with Gasteiger partial charge in [0.25, 0.3) is 0 Å². The third-order valence-corrected chi connectivity index (χ3v) is 3.68. The first-order valence-corrected chi connectivity index (χ1v) is 6.70. The van der Waals surface area contributed by atoms with Gasteiger partial charge in [-0.3, -0.25) is 0 Å². The maximum absolute atomic E-state index is 9.79. The Morgan fingerprint density at radius 1 is 1.10 bits per heavy atom. The molecule has 1 heterocycles. The van der Waals surface area contributed by atoms with Gasteiger partial charge in [0.05, 0.1) is 10.7 Å². The number of anilines is 1. The van der Waals surface area contributed by atoms with E-state index in [0.717, 1.165) is 0 Å². The molecule has 2 aromatic rings. The van der Waals surface area contributed by atoms with Crippen LogP contribution in [0, 0.1) is 0 Å². The molecule has 104 valence electrons. The molecule has 3 rings (SSSR count). The zero-order chi connectivity index (χ0) is 14.1. The lowest BCUT2D eigenvalue weighted by atomic mass is 10.2. The van der Waals surface area contributed by atoms with Crippen LogP contribution in [0.3, 0.4) is 0 Å². The van der Waals surface area contributed by atoms with Crippen LogP contribution in [0.25, 0.3) is 0 Å². The van der Waals surface area contributed by atoms with Crippen LogP contribution >= 0.6 is 23.2 Å². The average molecular weight is 312 g/mol. The van der Waals surface area contributed by atoms with Crippen LogP contribution in [0.4, 0.5) is 5.69 Å². The summed E-state index contributed by atoms with van der Waals surface area (Å²) in [4.78, 5) is 0. The second kappa shape index (κ2) is 5.31. The van der Waals surface area contributed by atoms with Gasteiger partial charge in [-0.1, -0.05) is 29.3 Å². The van der Waals surface area contributed by atoms with E-state index in [1.165, 1.54) is 0 Å². The molecule has 0 aromatic heterocycles. The first-order valence-electron chi connectivity index (χ1n) is 5.94. The number of halogens is 2. The number of hydrogen-bond acceptors (Lipinski definition) is 4. The summed E-state index contributed by atoms with van der Waals surface area (Å²) in [5, 5.41) is 13.9. The van der Waals surface area contributed by atoms with Crippen LogP contribution in [-0.2, 0) is 6.54 Å². The molecule has 0 saturated carbocycles. The molecule has 0 atom stereocenters. The smallest absolute Gasteiger partial charge is 0.231 e. The van der Waals surface area contributed by atoms with Gasteiger partial charge in [0.2, 0.25) is 6.79 Å².